The number of carbonyl (C=O) groups is 1. The molecule has 0 N–H and O–H groups in total. The minimum Gasteiger partial charge on any atom is -0.300 e. The van der Waals surface area contributed by atoms with E-state index in [1.54, 1.807) is 6.07 Å². The minimum atomic E-state index is 0.384. The first-order valence-electron chi connectivity index (χ1n) is 5.61. The van der Waals surface area contributed by atoms with E-state index in [9.17, 15) is 4.79 Å². The molecule has 1 unspecified atom stereocenters. The maximum atomic E-state index is 11.4. The van der Waals surface area contributed by atoms with E-state index >= 15 is 0 Å². The Morgan fingerprint density at radius 2 is 2.12 bits per heavy atom. The molecule has 0 radical (unpaired) electrons. The summed E-state index contributed by atoms with van der Waals surface area (Å²) in [6.45, 7) is 0. The zero-order chi connectivity index (χ0) is 11.5. The molecule has 1 atom stereocenters. The summed E-state index contributed by atoms with van der Waals surface area (Å²) in [6, 6.07) is 5.70. The second kappa shape index (κ2) is 5.20. The van der Waals surface area contributed by atoms with E-state index in [-0.39, 0.29) is 0 Å². The van der Waals surface area contributed by atoms with Crippen molar-refractivity contribution in [1.82, 2.24) is 0 Å². The number of benzene rings is 1. The number of Topliss-reactive ketones (excluding diaryl/α,β-unsaturated/α-hetero) is 1. The molecule has 0 heterocycles. The van der Waals surface area contributed by atoms with Crippen LogP contribution < -0.4 is 0 Å². The summed E-state index contributed by atoms with van der Waals surface area (Å²) in [7, 11) is 0. The highest BCUT2D eigenvalue weighted by Gasteiger charge is 2.20. The number of halogens is 2. The van der Waals surface area contributed by atoms with Crippen LogP contribution in [0.3, 0.4) is 0 Å². The summed E-state index contributed by atoms with van der Waals surface area (Å²) >= 11 is 12.1. The molecular weight excluding hydrogens is 243 g/mol. The Hall–Kier alpha value is -0.530. The van der Waals surface area contributed by atoms with Gasteiger partial charge in [-0.05, 0) is 36.8 Å². The molecule has 1 fully saturated rings. The predicted molar refractivity (Wildman–Crippen MR) is 67.1 cm³/mol. The van der Waals surface area contributed by atoms with Crippen molar-refractivity contribution in [2.45, 2.75) is 32.1 Å². The van der Waals surface area contributed by atoms with Crippen LogP contribution in [0.25, 0.3) is 0 Å². The zero-order valence-corrected chi connectivity index (χ0v) is 10.5. The van der Waals surface area contributed by atoms with E-state index in [0.29, 0.717) is 28.2 Å². The van der Waals surface area contributed by atoms with E-state index in [1.165, 1.54) is 0 Å². The second-order valence-electron chi connectivity index (χ2n) is 4.42. The van der Waals surface area contributed by atoms with Crippen LogP contribution in [0, 0.1) is 5.92 Å². The summed E-state index contributed by atoms with van der Waals surface area (Å²) in [6.07, 6.45) is 4.45. The lowest BCUT2D eigenvalue weighted by Crippen LogP contribution is -2.17. The Kier molecular flexibility index (Phi) is 3.88. The van der Waals surface area contributed by atoms with Crippen molar-refractivity contribution in [3.63, 3.8) is 0 Å². The molecule has 0 aromatic heterocycles. The van der Waals surface area contributed by atoms with Gasteiger partial charge in [-0.15, -0.1) is 0 Å². The molecule has 86 valence electrons. The van der Waals surface area contributed by atoms with Crippen LogP contribution in [-0.4, -0.2) is 5.78 Å². The molecule has 1 aromatic carbocycles. The molecular formula is C13H14Cl2O. The summed E-state index contributed by atoms with van der Waals surface area (Å²) in [5, 5.41) is 1.24. The third-order valence-electron chi connectivity index (χ3n) is 3.12. The van der Waals surface area contributed by atoms with E-state index in [0.717, 1.165) is 31.2 Å². The van der Waals surface area contributed by atoms with E-state index in [2.05, 4.69) is 0 Å². The highest BCUT2D eigenvalue weighted by atomic mass is 35.5. The molecule has 0 aliphatic heterocycles. The standard InChI is InChI=1S/C13H14Cl2O/c14-12-6-2-4-10(13(12)15)7-9-3-1-5-11(16)8-9/h2,4,6,9H,1,3,5,7-8H2. The Bertz CT molecular complexity index is 401. The Labute approximate surface area is 106 Å². The molecule has 0 spiro atoms. The van der Waals surface area contributed by atoms with Crippen LogP contribution in [-0.2, 0) is 11.2 Å². The monoisotopic (exact) mass is 256 g/mol. The molecule has 1 nitrogen and oxygen atoms in total. The van der Waals surface area contributed by atoms with Crippen LogP contribution in [0.1, 0.15) is 31.2 Å². The number of rotatable bonds is 2. The molecule has 3 heteroatoms. The highest BCUT2D eigenvalue weighted by Crippen LogP contribution is 2.31. The number of ketones is 1. The quantitative estimate of drug-likeness (QED) is 0.772. The third-order valence-corrected chi connectivity index (χ3v) is 3.98. The van der Waals surface area contributed by atoms with Gasteiger partial charge in [0.25, 0.3) is 0 Å². The molecule has 1 aromatic rings. The lowest BCUT2D eigenvalue weighted by Gasteiger charge is -2.21. The van der Waals surface area contributed by atoms with Crippen molar-refractivity contribution in [1.29, 1.82) is 0 Å². The first kappa shape index (κ1) is 11.9. The second-order valence-corrected chi connectivity index (χ2v) is 5.20. The van der Waals surface area contributed by atoms with Crippen LogP contribution >= 0.6 is 23.2 Å². The first-order chi connectivity index (χ1) is 7.66. The average Bonchev–Trinajstić information content (AvgIpc) is 2.25. The van der Waals surface area contributed by atoms with Crippen LogP contribution in [0.5, 0.6) is 0 Å². The van der Waals surface area contributed by atoms with Crippen molar-refractivity contribution in [2.24, 2.45) is 5.92 Å². The van der Waals surface area contributed by atoms with Gasteiger partial charge in [-0.25, -0.2) is 0 Å². The van der Waals surface area contributed by atoms with E-state index < -0.39 is 0 Å². The molecule has 1 aliphatic rings. The largest absolute Gasteiger partial charge is 0.300 e. The number of carbonyl (C=O) groups excluding carboxylic acids is 1. The van der Waals surface area contributed by atoms with Gasteiger partial charge in [-0.1, -0.05) is 35.3 Å². The van der Waals surface area contributed by atoms with Crippen molar-refractivity contribution >= 4 is 29.0 Å². The van der Waals surface area contributed by atoms with Gasteiger partial charge in [0, 0.05) is 12.8 Å². The highest BCUT2D eigenvalue weighted by molar-refractivity contribution is 6.42. The van der Waals surface area contributed by atoms with Gasteiger partial charge in [0.2, 0.25) is 0 Å². The maximum Gasteiger partial charge on any atom is 0.133 e. The molecule has 1 aliphatic carbocycles. The first-order valence-corrected chi connectivity index (χ1v) is 6.37. The van der Waals surface area contributed by atoms with Crippen LogP contribution in [0.2, 0.25) is 10.0 Å². The van der Waals surface area contributed by atoms with Gasteiger partial charge in [-0.3, -0.25) is 4.79 Å². The summed E-state index contributed by atoms with van der Waals surface area (Å²) in [4.78, 5) is 11.4. The van der Waals surface area contributed by atoms with Gasteiger partial charge in [-0.2, -0.15) is 0 Å². The SMILES string of the molecule is O=C1CCCC(Cc2cccc(Cl)c2Cl)C1. The fraction of sp³-hybridized carbons (Fsp3) is 0.462. The zero-order valence-electron chi connectivity index (χ0n) is 9.01. The van der Waals surface area contributed by atoms with Crippen molar-refractivity contribution < 1.29 is 4.79 Å². The molecule has 0 saturated heterocycles. The van der Waals surface area contributed by atoms with Gasteiger partial charge < -0.3 is 0 Å². The fourth-order valence-corrected chi connectivity index (χ4v) is 2.70. The Balaban J connectivity index is 2.08. The van der Waals surface area contributed by atoms with Gasteiger partial charge in [0.1, 0.15) is 5.78 Å². The lowest BCUT2D eigenvalue weighted by atomic mass is 9.84. The molecule has 16 heavy (non-hydrogen) atoms. The van der Waals surface area contributed by atoms with Gasteiger partial charge >= 0.3 is 0 Å². The Morgan fingerprint density at radius 1 is 1.31 bits per heavy atom. The summed E-state index contributed by atoms with van der Waals surface area (Å²) < 4.78 is 0. The van der Waals surface area contributed by atoms with E-state index in [4.69, 9.17) is 23.2 Å². The van der Waals surface area contributed by atoms with Gasteiger partial charge in [0.05, 0.1) is 10.0 Å². The van der Waals surface area contributed by atoms with Crippen LogP contribution in [0.4, 0.5) is 0 Å². The van der Waals surface area contributed by atoms with Crippen molar-refractivity contribution in [3.05, 3.63) is 33.8 Å². The minimum absolute atomic E-state index is 0.384. The lowest BCUT2D eigenvalue weighted by molar-refractivity contribution is -0.121. The molecule has 1 saturated carbocycles. The predicted octanol–water partition coefficient (Wildman–Crippen LogP) is 4.30. The number of hydrogen-bond acceptors (Lipinski definition) is 1. The van der Waals surface area contributed by atoms with E-state index in [1.807, 2.05) is 12.1 Å². The van der Waals surface area contributed by atoms with Crippen molar-refractivity contribution in [3.8, 4) is 0 Å². The average molecular weight is 257 g/mol. The smallest absolute Gasteiger partial charge is 0.133 e. The summed E-state index contributed by atoms with van der Waals surface area (Å²) in [5.74, 6) is 0.826. The normalized spacial score (nSPS) is 21.1. The third kappa shape index (κ3) is 2.78. The topological polar surface area (TPSA) is 17.1 Å². The summed E-state index contributed by atoms with van der Waals surface area (Å²) in [5.41, 5.74) is 1.06. The maximum absolute atomic E-state index is 11.4. The molecule has 0 amide bonds. The fourth-order valence-electron chi connectivity index (χ4n) is 2.31. The Morgan fingerprint density at radius 3 is 2.88 bits per heavy atom. The van der Waals surface area contributed by atoms with Gasteiger partial charge in [0.15, 0.2) is 0 Å². The van der Waals surface area contributed by atoms with Crippen LogP contribution in [0.15, 0.2) is 18.2 Å². The van der Waals surface area contributed by atoms with Crippen molar-refractivity contribution in [2.75, 3.05) is 0 Å². The number of hydrogen-bond donors (Lipinski definition) is 0. The molecule has 2 rings (SSSR count). The molecule has 0 bridgehead atoms.